The second kappa shape index (κ2) is 6.36. The fraction of sp³-hybridized carbons (Fsp3) is 1.00. The molecule has 0 radical (unpaired) electrons. The van der Waals surface area contributed by atoms with E-state index in [2.05, 4.69) is 49.9 Å². The Morgan fingerprint density at radius 2 is 1.84 bits per heavy atom. The molecule has 0 bridgehead atoms. The van der Waals surface area contributed by atoms with Crippen LogP contribution in [0.25, 0.3) is 0 Å². The summed E-state index contributed by atoms with van der Waals surface area (Å²) >= 11 is 2.13. The number of thioether (sulfide) groups is 1. The van der Waals surface area contributed by atoms with Gasteiger partial charge in [0.1, 0.15) is 0 Å². The van der Waals surface area contributed by atoms with Gasteiger partial charge in [-0.25, -0.2) is 0 Å². The number of likely N-dealkylation sites (N-methyl/N-ethyl adjacent to an activating group) is 1. The zero-order chi connectivity index (χ0) is 13.9. The Labute approximate surface area is 124 Å². The fourth-order valence-electron chi connectivity index (χ4n) is 3.72. The third kappa shape index (κ3) is 4.12. The highest BCUT2D eigenvalue weighted by Crippen LogP contribution is 2.35. The molecule has 3 heteroatoms. The van der Waals surface area contributed by atoms with E-state index in [9.17, 15) is 0 Å². The highest BCUT2D eigenvalue weighted by Gasteiger charge is 2.35. The van der Waals surface area contributed by atoms with Gasteiger partial charge in [0.25, 0.3) is 0 Å². The fourth-order valence-corrected chi connectivity index (χ4v) is 5.03. The van der Waals surface area contributed by atoms with E-state index in [-0.39, 0.29) is 0 Å². The van der Waals surface area contributed by atoms with Gasteiger partial charge in [-0.15, -0.1) is 0 Å². The monoisotopic (exact) mass is 284 g/mol. The lowest BCUT2D eigenvalue weighted by Crippen LogP contribution is -2.55. The van der Waals surface area contributed by atoms with Gasteiger partial charge in [0.05, 0.1) is 0 Å². The maximum atomic E-state index is 3.91. The number of nitrogens with one attached hydrogen (secondary N) is 1. The van der Waals surface area contributed by atoms with Gasteiger partial charge >= 0.3 is 0 Å². The number of hydrogen-bond donors (Lipinski definition) is 1. The molecule has 1 aliphatic heterocycles. The molecule has 1 saturated heterocycles. The summed E-state index contributed by atoms with van der Waals surface area (Å²) in [5.41, 5.74) is 0.933. The van der Waals surface area contributed by atoms with Crippen LogP contribution in [0.3, 0.4) is 0 Å². The highest BCUT2D eigenvalue weighted by atomic mass is 32.2. The molecule has 2 rings (SSSR count). The van der Waals surface area contributed by atoms with Crippen molar-refractivity contribution >= 4 is 11.8 Å². The highest BCUT2D eigenvalue weighted by molar-refractivity contribution is 7.99. The number of nitrogens with zero attached hydrogens (tertiary/aromatic N) is 1. The smallest absolute Gasteiger partial charge is 0.0327 e. The van der Waals surface area contributed by atoms with Crippen LogP contribution in [-0.2, 0) is 0 Å². The van der Waals surface area contributed by atoms with E-state index in [0.29, 0.717) is 17.0 Å². The first-order chi connectivity index (χ1) is 8.94. The van der Waals surface area contributed by atoms with E-state index < -0.39 is 0 Å². The van der Waals surface area contributed by atoms with E-state index in [0.717, 1.165) is 0 Å². The largest absolute Gasteiger partial charge is 0.311 e. The molecule has 2 aliphatic rings. The first-order valence-corrected chi connectivity index (χ1v) is 9.08. The summed E-state index contributed by atoms with van der Waals surface area (Å²) in [5.74, 6) is 2.62. The van der Waals surface area contributed by atoms with Crippen LogP contribution >= 0.6 is 11.8 Å². The second-order valence-electron chi connectivity index (χ2n) is 7.64. The number of hydrogen-bond acceptors (Lipinski definition) is 3. The standard InChI is InChI=1S/C16H32N2S/c1-15(2)10-14(11-19-13-15)17-12-16(18(3)4)8-6-5-7-9-16/h14,17H,5-13H2,1-4H3. The molecule has 112 valence electrons. The van der Waals surface area contributed by atoms with E-state index in [1.165, 1.54) is 56.6 Å². The maximum Gasteiger partial charge on any atom is 0.0327 e. The van der Waals surface area contributed by atoms with Gasteiger partial charge in [-0.2, -0.15) is 11.8 Å². The van der Waals surface area contributed by atoms with Crippen molar-refractivity contribution in [3.8, 4) is 0 Å². The molecule has 2 fully saturated rings. The Hall–Kier alpha value is 0.270. The van der Waals surface area contributed by atoms with Gasteiger partial charge in [-0.05, 0) is 44.5 Å². The van der Waals surface area contributed by atoms with Crippen LogP contribution < -0.4 is 5.32 Å². The molecule has 19 heavy (non-hydrogen) atoms. The van der Waals surface area contributed by atoms with Crippen molar-refractivity contribution in [2.75, 3.05) is 32.1 Å². The first kappa shape index (κ1) is 15.7. The van der Waals surface area contributed by atoms with Crippen molar-refractivity contribution in [2.24, 2.45) is 5.41 Å². The minimum Gasteiger partial charge on any atom is -0.311 e. The van der Waals surface area contributed by atoms with Crippen molar-refractivity contribution in [2.45, 2.75) is 64.0 Å². The van der Waals surface area contributed by atoms with Crippen LogP contribution in [0.2, 0.25) is 0 Å². The Balaban J connectivity index is 1.88. The summed E-state index contributed by atoms with van der Waals surface area (Å²) in [5, 5.41) is 3.91. The predicted molar refractivity (Wildman–Crippen MR) is 87.0 cm³/mol. The molecule has 1 aliphatic carbocycles. The van der Waals surface area contributed by atoms with Crippen LogP contribution in [0.1, 0.15) is 52.4 Å². The topological polar surface area (TPSA) is 15.3 Å². The summed E-state index contributed by atoms with van der Waals surface area (Å²) in [7, 11) is 4.54. The van der Waals surface area contributed by atoms with Crippen LogP contribution in [0, 0.1) is 5.41 Å². The quantitative estimate of drug-likeness (QED) is 0.852. The Bertz CT molecular complexity index is 282. The Morgan fingerprint density at radius 3 is 2.42 bits per heavy atom. The minimum atomic E-state index is 0.421. The third-order valence-electron chi connectivity index (χ3n) is 5.06. The van der Waals surface area contributed by atoms with E-state index in [4.69, 9.17) is 0 Å². The SMILES string of the molecule is CN(C)C1(CNC2CSCC(C)(C)C2)CCCCC1. The van der Waals surface area contributed by atoms with Crippen molar-refractivity contribution in [1.82, 2.24) is 10.2 Å². The minimum absolute atomic E-state index is 0.421. The molecule has 1 atom stereocenters. The molecule has 0 aromatic rings. The third-order valence-corrected chi connectivity index (χ3v) is 6.69. The molecule has 1 saturated carbocycles. The zero-order valence-corrected chi connectivity index (χ0v) is 14.1. The van der Waals surface area contributed by atoms with Crippen molar-refractivity contribution in [3.05, 3.63) is 0 Å². The van der Waals surface area contributed by atoms with E-state index in [1.54, 1.807) is 0 Å². The van der Waals surface area contributed by atoms with Crippen molar-refractivity contribution < 1.29 is 0 Å². The molecule has 0 spiro atoms. The summed E-state index contributed by atoms with van der Waals surface area (Å²) < 4.78 is 0. The van der Waals surface area contributed by atoms with Gasteiger partial charge in [0.2, 0.25) is 0 Å². The van der Waals surface area contributed by atoms with Gasteiger partial charge < -0.3 is 10.2 Å². The van der Waals surface area contributed by atoms with Crippen molar-refractivity contribution in [1.29, 1.82) is 0 Å². The Kier molecular flexibility index (Phi) is 5.24. The van der Waals surface area contributed by atoms with Crippen LogP contribution in [-0.4, -0.2) is 48.6 Å². The van der Waals surface area contributed by atoms with Crippen LogP contribution in [0.5, 0.6) is 0 Å². The maximum absolute atomic E-state index is 3.91. The molecule has 2 nitrogen and oxygen atoms in total. The zero-order valence-electron chi connectivity index (χ0n) is 13.3. The van der Waals surface area contributed by atoms with E-state index in [1.807, 2.05) is 0 Å². The van der Waals surface area contributed by atoms with Gasteiger partial charge in [-0.3, -0.25) is 0 Å². The average Bonchev–Trinajstić information content (AvgIpc) is 2.36. The lowest BCUT2D eigenvalue weighted by atomic mass is 9.80. The molecule has 0 amide bonds. The molecule has 1 unspecified atom stereocenters. The van der Waals surface area contributed by atoms with Gasteiger partial charge in [0, 0.05) is 23.9 Å². The number of rotatable bonds is 4. The van der Waals surface area contributed by atoms with Crippen LogP contribution in [0.15, 0.2) is 0 Å². The average molecular weight is 285 g/mol. The summed E-state index contributed by atoms with van der Waals surface area (Å²) in [6.07, 6.45) is 8.33. The molecular formula is C16H32N2S. The Morgan fingerprint density at radius 1 is 1.16 bits per heavy atom. The van der Waals surface area contributed by atoms with Gasteiger partial charge in [-0.1, -0.05) is 33.1 Å². The summed E-state index contributed by atoms with van der Waals surface area (Å²) in [4.78, 5) is 2.49. The molecule has 1 heterocycles. The lowest BCUT2D eigenvalue weighted by Gasteiger charge is -2.45. The first-order valence-electron chi connectivity index (χ1n) is 7.92. The molecule has 0 aromatic carbocycles. The normalized spacial score (nSPS) is 30.5. The molecule has 0 aromatic heterocycles. The predicted octanol–water partition coefficient (Wildman–Crippen LogP) is 3.37. The summed E-state index contributed by atoms with van der Waals surface area (Å²) in [6, 6.07) is 0.715. The van der Waals surface area contributed by atoms with Crippen LogP contribution in [0.4, 0.5) is 0 Å². The van der Waals surface area contributed by atoms with E-state index >= 15 is 0 Å². The van der Waals surface area contributed by atoms with Crippen molar-refractivity contribution in [3.63, 3.8) is 0 Å². The molecule has 1 N–H and O–H groups in total. The van der Waals surface area contributed by atoms with Gasteiger partial charge in [0.15, 0.2) is 0 Å². The lowest BCUT2D eigenvalue weighted by molar-refractivity contribution is 0.0937. The molecular weight excluding hydrogens is 252 g/mol. The second-order valence-corrected chi connectivity index (χ2v) is 8.67. The summed E-state index contributed by atoms with van der Waals surface area (Å²) in [6.45, 7) is 6.01.